The quantitative estimate of drug-likeness (QED) is 0.165. The van der Waals surface area contributed by atoms with Crippen LogP contribution in [-0.4, -0.2) is 114 Å². The zero-order chi connectivity index (χ0) is 18.2. The lowest BCUT2D eigenvalue weighted by molar-refractivity contribution is -0.384. The van der Waals surface area contributed by atoms with E-state index < -0.39 is 73.5 Å². The zero-order valence-electron chi connectivity index (χ0n) is 12.4. The molecular formula is C12H22O11S. The molecule has 0 aromatic heterocycles. The molecule has 10 atom stereocenters. The van der Waals surface area contributed by atoms with Crippen LogP contribution >= 0.6 is 12.6 Å². The van der Waals surface area contributed by atoms with Gasteiger partial charge in [0.15, 0.2) is 6.29 Å². The Balaban J connectivity index is 2.20. The maximum Gasteiger partial charge on any atom is 0.224 e. The first kappa shape index (κ1) is 20.2. The molecule has 2 saturated heterocycles. The highest BCUT2D eigenvalue weighted by atomic mass is 32.1. The van der Waals surface area contributed by atoms with Crippen LogP contribution in [0, 0.1) is 0 Å². The number of aliphatic hydroxyl groups is 8. The summed E-state index contributed by atoms with van der Waals surface area (Å²) >= 11 is 3.68. The molecule has 12 heteroatoms. The highest BCUT2D eigenvalue weighted by Crippen LogP contribution is 2.36. The summed E-state index contributed by atoms with van der Waals surface area (Å²) in [5.74, 6) is -2.26. The van der Waals surface area contributed by atoms with Gasteiger partial charge in [-0.05, 0) is 0 Å². The molecule has 8 N–H and O–H groups in total. The van der Waals surface area contributed by atoms with Gasteiger partial charge >= 0.3 is 0 Å². The van der Waals surface area contributed by atoms with Crippen LogP contribution in [0.2, 0.25) is 0 Å². The van der Waals surface area contributed by atoms with E-state index in [-0.39, 0.29) is 0 Å². The molecule has 142 valence electrons. The Hall–Kier alpha value is -0.0900. The van der Waals surface area contributed by atoms with Gasteiger partial charge in [-0.3, -0.25) is 0 Å². The Morgan fingerprint density at radius 1 is 1.00 bits per heavy atom. The van der Waals surface area contributed by atoms with Crippen molar-refractivity contribution in [1.29, 1.82) is 0 Å². The first-order valence-corrected chi connectivity index (χ1v) is 7.69. The summed E-state index contributed by atoms with van der Waals surface area (Å²) in [6, 6.07) is 0. The van der Waals surface area contributed by atoms with Crippen molar-refractivity contribution < 1.29 is 55.1 Å². The summed E-state index contributed by atoms with van der Waals surface area (Å²) in [6.07, 6.45) is -13.2. The fraction of sp³-hybridized carbons (Fsp3) is 1.00. The SMILES string of the molecule is OC[C@H]1OC(CO)(O[C@H]2O[C@H](C(O)S)[C@@H](O)[C@H](O)[C@H]2O)[C@@H](O)[C@@H]1O. The van der Waals surface area contributed by atoms with Gasteiger partial charge in [-0.2, -0.15) is 0 Å². The Labute approximate surface area is 142 Å². The molecule has 0 spiro atoms. The van der Waals surface area contributed by atoms with E-state index in [1.165, 1.54) is 0 Å². The molecule has 2 heterocycles. The summed E-state index contributed by atoms with van der Waals surface area (Å²) in [4.78, 5) is 0. The van der Waals surface area contributed by atoms with Crippen molar-refractivity contribution in [3.05, 3.63) is 0 Å². The molecule has 2 aliphatic heterocycles. The highest BCUT2D eigenvalue weighted by Gasteiger charge is 2.58. The third-order valence-electron chi connectivity index (χ3n) is 4.12. The van der Waals surface area contributed by atoms with Crippen LogP contribution in [0.15, 0.2) is 0 Å². The largest absolute Gasteiger partial charge is 0.394 e. The second-order valence-corrected chi connectivity index (χ2v) is 6.25. The first-order chi connectivity index (χ1) is 11.2. The van der Waals surface area contributed by atoms with Crippen molar-refractivity contribution in [2.75, 3.05) is 13.2 Å². The highest BCUT2D eigenvalue weighted by molar-refractivity contribution is 7.80. The van der Waals surface area contributed by atoms with E-state index >= 15 is 0 Å². The normalized spacial score (nSPS) is 50.9. The Bertz CT molecular complexity index is 426. The van der Waals surface area contributed by atoms with Gasteiger partial charge in [-0.15, -0.1) is 12.6 Å². The third-order valence-corrected chi connectivity index (χ3v) is 4.42. The van der Waals surface area contributed by atoms with Gasteiger partial charge in [-0.25, -0.2) is 0 Å². The molecule has 0 bridgehead atoms. The maximum atomic E-state index is 10.0. The second-order valence-electron chi connectivity index (χ2n) is 5.72. The van der Waals surface area contributed by atoms with Crippen molar-refractivity contribution in [2.24, 2.45) is 0 Å². The Morgan fingerprint density at radius 3 is 2.08 bits per heavy atom. The molecule has 0 saturated carbocycles. The average molecular weight is 374 g/mol. The van der Waals surface area contributed by atoms with Crippen LogP contribution in [-0.2, 0) is 14.2 Å². The van der Waals surface area contributed by atoms with E-state index in [0.29, 0.717) is 0 Å². The van der Waals surface area contributed by atoms with Crippen LogP contribution in [0.1, 0.15) is 0 Å². The van der Waals surface area contributed by atoms with Gasteiger partial charge in [0.2, 0.25) is 5.79 Å². The average Bonchev–Trinajstić information content (AvgIpc) is 2.80. The van der Waals surface area contributed by atoms with Crippen LogP contribution < -0.4 is 0 Å². The van der Waals surface area contributed by atoms with Gasteiger partial charge in [0.1, 0.15) is 54.8 Å². The summed E-state index contributed by atoms with van der Waals surface area (Å²) in [5, 5.41) is 77.4. The number of hydrogen-bond donors (Lipinski definition) is 9. The topological polar surface area (TPSA) is 190 Å². The molecule has 0 aliphatic carbocycles. The van der Waals surface area contributed by atoms with E-state index in [9.17, 15) is 35.7 Å². The van der Waals surface area contributed by atoms with Crippen molar-refractivity contribution >= 4 is 12.6 Å². The molecule has 11 nitrogen and oxygen atoms in total. The Morgan fingerprint density at radius 2 is 1.62 bits per heavy atom. The summed E-state index contributed by atoms with van der Waals surface area (Å²) in [7, 11) is 0. The lowest BCUT2D eigenvalue weighted by Gasteiger charge is -2.44. The van der Waals surface area contributed by atoms with Crippen molar-refractivity contribution in [3.8, 4) is 0 Å². The van der Waals surface area contributed by atoms with Gasteiger partial charge in [-0.1, -0.05) is 0 Å². The molecule has 2 fully saturated rings. The standard InChI is InChI=1S/C12H22O11S/c13-1-3-4(15)9(19)12(2-14,22-3)23-11-7(18)5(16)6(17)8(21-11)10(20)24/h3-11,13-20,24H,1-2H2/t3-,4-,5+,6+,7-,8+,9+,10?,11-,12?/m1/s1. The molecule has 2 rings (SSSR count). The number of hydrogen-bond acceptors (Lipinski definition) is 12. The van der Waals surface area contributed by atoms with Crippen LogP contribution in [0.25, 0.3) is 0 Å². The van der Waals surface area contributed by atoms with E-state index in [1.807, 2.05) is 0 Å². The minimum absolute atomic E-state index is 0.684. The predicted octanol–water partition coefficient (Wildman–Crippen LogP) is -5.14. The lowest BCUT2D eigenvalue weighted by Crippen LogP contribution is -2.63. The zero-order valence-corrected chi connectivity index (χ0v) is 13.3. The van der Waals surface area contributed by atoms with Gasteiger partial charge in [0.25, 0.3) is 0 Å². The van der Waals surface area contributed by atoms with Crippen molar-refractivity contribution in [1.82, 2.24) is 0 Å². The molecule has 2 unspecified atom stereocenters. The maximum absolute atomic E-state index is 10.0. The van der Waals surface area contributed by atoms with E-state index in [1.54, 1.807) is 0 Å². The van der Waals surface area contributed by atoms with Gasteiger partial charge < -0.3 is 55.1 Å². The minimum Gasteiger partial charge on any atom is -0.394 e. The van der Waals surface area contributed by atoms with E-state index in [2.05, 4.69) is 12.6 Å². The lowest BCUT2D eigenvalue weighted by atomic mass is 9.98. The van der Waals surface area contributed by atoms with E-state index in [4.69, 9.17) is 19.3 Å². The van der Waals surface area contributed by atoms with Gasteiger partial charge in [0.05, 0.1) is 6.61 Å². The monoisotopic (exact) mass is 374 g/mol. The van der Waals surface area contributed by atoms with Crippen molar-refractivity contribution in [2.45, 2.75) is 60.2 Å². The molecule has 0 aromatic carbocycles. The predicted molar refractivity (Wildman–Crippen MR) is 76.5 cm³/mol. The first-order valence-electron chi connectivity index (χ1n) is 7.17. The number of thiol groups is 1. The summed E-state index contributed by atoms with van der Waals surface area (Å²) in [5.41, 5.74) is -1.54. The number of rotatable bonds is 5. The van der Waals surface area contributed by atoms with Gasteiger partial charge in [0, 0.05) is 0 Å². The molecule has 0 aromatic rings. The third kappa shape index (κ3) is 3.42. The van der Waals surface area contributed by atoms with Crippen molar-refractivity contribution in [3.63, 3.8) is 0 Å². The van der Waals surface area contributed by atoms with Crippen LogP contribution in [0.5, 0.6) is 0 Å². The molecule has 24 heavy (non-hydrogen) atoms. The minimum atomic E-state index is -2.26. The summed E-state index contributed by atoms with van der Waals surface area (Å²) < 4.78 is 15.5. The van der Waals surface area contributed by atoms with Crippen LogP contribution in [0.4, 0.5) is 0 Å². The molecule has 0 amide bonds. The number of aliphatic hydroxyl groups excluding tert-OH is 8. The Kier molecular flexibility index (Phi) is 6.45. The van der Waals surface area contributed by atoms with E-state index in [0.717, 1.165) is 0 Å². The second kappa shape index (κ2) is 7.65. The molecule has 2 aliphatic rings. The number of ether oxygens (including phenoxy) is 3. The fourth-order valence-corrected chi connectivity index (χ4v) is 2.93. The molecular weight excluding hydrogens is 352 g/mol. The molecule has 0 radical (unpaired) electrons. The summed E-state index contributed by atoms with van der Waals surface area (Å²) in [6.45, 7) is -1.67. The smallest absolute Gasteiger partial charge is 0.224 e. The fourth-order valence-electron chi connectivity index (χ4n) is 2.68. The van der Waals surface area contributed by atoms with Crippen LogP contribution in [0.3, 0.4) is 0 Å².